The van der Waals surface area contributed by atoms with Gasteiger partial charge in [-0.15, -0.1) is 10.2 Å². The predicted octanol–water partition coefficient (Wildman–Crippen LogP) is 4.10. The molecular formula is C22H27N5O2. The molecule has 3 heterocycles. The molecule has 29 heavy (non-hydrogen) atoms. The summed E-state index contributed by atoms with van der Waals surface area (Å²) in [5.74, 6) is 1.55. The van der Waals surface area contributed by atoms with Crippen LogP contribution in [0, 0.1) is 12.3 Å². The monoisotopic (exact) mass is 393 g/mol. The van der Waals surface area contributed by atoms with E-state index in [0.717, 1.165) is 42.9 Å². The van der Waals surface area contributed by atoms with Crippen LogP contribution in [-0.4, -0.2) is 25.7 Å². The summed E-state index contributed by atoms with van der Waals surface area (Å²) >= 11 is 0. The third-order valence-electron chi connectivity index (χ3n) is 5.29. The number of aryl methyl sites for hydroxylation is 1. The molecule has 7 nitrogen and oxygen atoms in total. The lowest BCUT2D eigenvalue weighted by molar-refractivity contribution is 0.0879. The molecule has 2 aromatic heterocycles. The van der Waals surface area contributed by atoms with Crippen LogP contribution in [0.5, 0.6) is 0 Å². The molecule has 3 aromatic rings. The van der Waals surface area contributed by atoms with Crippen molar-refractivity contribution in [2.75, 3.05) is 0 Å². The average Bonchev–Trinajstić information content (AvgIpc) is 3.29. The zero-order valence-electron chi connectivity index (χ0n) is 17.4. The second-order valence-corrected chi connectivity index (χ2v) is 8.64. The summed E-state index contributed by atoms with van der Waals surface area (Å²) in [5.41, 5.74) is 2.22. The summed E-state index contributed by atoms with van der Waals surface area (Å²) in [7, 11) is 0. The summed E-state index contributed by atoms with van der Waals surface area (Å²) in [4.78, 5) is 18.1. The fourth-order valence-electron chi connectivity index (χ4n) is 3.81. The Balaban J connectivity index is 1.70. The summed E-state index contributed by atoms with van der Waals surface area (Å²) in [6.07, 6.45) is 3.00. The highest BCUT2D eigenvalue weighted by molar-refractivity contribution is 5.94. The van der Waals surface area contributed by atoms with Crippen LogP contribution in [0.1, 0.15) is 67.6 Å². The lowest BCUT2D eigenvalue weighted by Crippen LogP contribution is -2.37. The molecule has 0 unspecified atom stereocenters. The van der Waals surface area contributed by atoms with Gasteiger partial charge in [-0.1, -0.05) is 51.1 Å². The number of fused-ring (bicyclic) bond motifs is 1. The minimum Gasteiger partial charge on any atom is -0.423 e. The third-order valence-corrected chi connectivity index (χ3v) is 5.29. The minimum atomic E-state index is -0.405. The molecule has 0 bridgehead atoms. The number of carbonyl (C=O) groups is 1. The van der Waals surface area contributed by atoms with Gasteiger partial charge in [-0.3, -0.25) is 4.79 Å². The summed E-state index contributed by atoms with van der Waals surface area (Å²) in [5, 5.41) is 11.2. The van der Waals surface area contributed by atoms with Crippen LogP contribution < -0.4 is 5.32 Å². The Morgan fingerprint density at radius 2 is 1.93 bits per heavy atom. The first-order chi connectivity index (χ1) is 13.8. The van der Waals surface area contributed by atoms with Gasteiger partial charge in [0.15, 0.2) is 0 Å². The number of hydrogen-bond acceptors (Lipinski definition) is 5. The highest BCUT2D eigenvalue weighted by Crippen LogP contribution is 2.33. The summed E-state index contributed by atoms with van der Waals surface area (Å²) in [6, 6.07) is 9.63. The molecule has 1 aliphatic rings. The highest BCUT2D eigenvalue weighted by atomic mass is 16.4. The van der Waals surface area contributed by atoms with Crippen molar-refractivity contribution in [2.24, 2.45) is 5.41 Å². The van der Waals surface area contributed by atoms with Gasteiger partial charge < -0.3 is 14.3 Å². The Hall–Kier alpha value is -2.96. The molecule has 0 saturated heterocycles. The molecule has 1 aromatic carbocycles. The summed E-state index contributed by atoms with van der Waals surface area (Å²) in [6.45, 7) is 8.74. The smallest absolute Gasteiger partial charge is 0.272 e. The van der Waals surface area contributed by atoms with Crippen molar-refractivity contribution in [2.45, 2.75) is 59.5 Å². The lowest BCUT2D eigenvalue weighted by atomic mass is 9.86. The molecular weight excluding hydrogens is 366 g/mol. The lowest BCUT2D eigenvalue weighted by Gasteiger charge is -2.28. The predicted molar refractivity (Wildman–Crippen MR) is 109 cm³/mol. The van der Waals surface area contributed by atoms with Crippen molar-refractivity contribution in [1.29, 1.82) is 0 Å². The van der Waals surface area contributed by atoms with Gasteiger partial charge >= 0.3 is 0 Å². The summed E-state index contributed by atoms with van der Waals surface area (Å²) < 4.78 is 7.82. The molecule has 4 rings (SSSR count). The first kappa shape index (κ1) is 19.4. The van der Waals surface area contributed by atoms with E-state index in [1.807, 2.05) is 51.1 Å². The zero-order chi connectivity index (χ0) is 20.6. The fraction of sp³-hybridized carbons (Fsp3) is 0.455. The van der Waals surface area contributed by atoms with E-state index in [9.17, 15) is 4.79 Å². The van der Waals surface area contributed by atoms with Crippen LogP contribution in [0.4, 0.5) is 0 Å². The molecule has 0 radical (unpaired) electrons. The van der Waals surface area contributed by atoms with Gasteiger partial charge in [0.05, 0.1) is 5.69 Å². The largest absolute Gasteiger partial charge is 0.423 e. The Morgan fingerprint density at radius 1 is 1.17 bits per heavy atom. The fourth-order valence-corrected chi connectivity index (χ4v) is 3.81. The van der Waals surface area contributed by atoms with Crippen molar-refractivity contribution >= 4 is 5.91 Å². The number of aromatic nitrogens is 4. The van der Waals surface area contributed by atoms with Crippen LogP contribution in [0.15, 0.2) is 34.7 Å². The van der Waals surface area contributed by atoms with Crippen LogP contribution in [0.3, 0.4) is 0 Å². The SMILES string of the molecule is Cc1nnc([C@@H](NC(=O)c2nc(-c3ccccc3)n3c2CCCC3)C(C)(C)C)o1. The molecule has 152 valence electrons. The molecule has 7 heteroatoms. The topological polar surface area (TPSA) is 85.8 Å². The number of nitrogens with zero attached hydrogens (tertiary/aromatic N) is 4. The third kappa shape index (κ3) is 3.81. The van der Waals surface area contributed by atoms with E-state index in [2.05, 4.69) is 20.1 Å². The second-order valence-electron chi connectivity index (χ2n) is 8.64. The molecule has 1 atom stereocenters. The number of carbonyl (C=O) groups excluding carboxylic acids is 1. The van der Waals surface area contributed by atoms with E-state index in [1.54, 1.807) is 6.92 Å². The molecule has 1 aliphatic heterocycles. The number of rotatable bonds is 4. The Bertz CT molecular complexity index is 1010. The van der Waals surface area contributed by atoms with Gasteiger partial charge in [-0.2, -0.15) is 0 Å². The number of benzene rings is 1. The standard InChI is InChI=1S/C22H27N5O2/c1-14-25-26-21(29-14)18(22(2,3)4)24-20(28)17-16-12-8-9-13-27(16)19(23-17)15-10-6-5-7-11-15/h5-7,10-11,18H,8-9,12-13H2,1-4H3,(H,24,28)/t18-/m1/s1. The molecule has 0 saturated carbocycles. The highest BCUT2D eigenvalue weighted by Gasteiger charge is 2.34. The van der Waals surface area contributed by atoms with Gasteiger partial charge in [0.2, 0.25) is 11.8 Å². The maximum absolute atomic E-state index is 13.3. The van der Waals surface area contributed by atoms with Crippen molar-refractivity contribution < 1.29 is 9.21 Å². The van der Waals surface area contributed by atoms with Gasteiger partial charge in [0.25, 0.3) is 5.91 Å². The van der Waals surface area contributed by atoms with Crippen LogP contribution in [0.2, 0.25) is 0 Å². The average molecular weight is 393 g/mol. The van der Waals surface area contributed by atoms with Gasteiger partial charge in [-0.05, 0) is 24.7 Å². The van der Waals surface area contributed by atoms with Crippen molar-refractivity contribution in [3.05, 3.63) is 53.5 Å². The van der Waals surface area contributed by atoms with E-state index >= 15 is 0 Å². The number of amides is 1. The number of hydrogen-bond donors (Lipinski definition) is 1. The van der Waals surface area contributed by atoms with Crippen molar-refractivity contribution in [1.82, 2.24) is 25.1 Å². The van der Waals surface area contributed by atoms with Crippen molar-refractivity contribution in [3.8, 4) is 11.4 Å². The quantitative estimate of drug-likeness (QED) is 0.721. The molecule has 0 aliphatic carbocycles. The van der Waals surface area contributed by atoms with E-state index in [0.29, 0.717) is 17.5 Å². The number of imidazole rings is 1. The van der Waals surface area contributed by atoms with E-state index in [-0.39, 0.29) is 11.3 Å². The minimum absolute atomic E-state index is 0.200. The number of nitrogens with one attached hydrogen (secondary N) is 1. The Labute approximate surface area is 170 Å². The van der Waals surface area contributed by atoms with Crippen LogP contribution >= 0.6 is 0 Å². The van der Waals surface area contributed by atoms with Crippen molar-refractivity contribution in [3.63, 3.8) is 0 Å². The molecule has 1 N–H and O–H groups in total. The molecule has 0 spiro atoms. The zero-order valence-corrected chi connectivity index (χ0v) is 17.4. The molecule has 1 amide bonds. The van der Waals surface area contributed by atoms with Crippen LogP contribution in [-0.2, 0) is 13.0 Å². The van der Waals surface area contributed by atoms with Gasteiger partial charge in [0, 0.05) is 19.0 Å². The van der Waals surface area contributed by atoms with Gasteiger partial charge in [-0.25, -0.2) is 4.98 Å². The Kier molecular flexibility index (Phi) is 4.98. The second kappa shape index (κ2) is 7.46. The first-order valence-corrected chi connectivity index (χ1v) is 10.1. The van der Waals surface area contributed by atoms with Gasteiger partial charge in [0.1, 0.15) is 17.6 Å². The van der Waals surface area contributed by atoms with Crippen LogP contribution in [0.25, 0.3) is 11.4 Å². The Morgan fingerprint density at radius 3 is 2.59 bits per heavy atom. The maximum Gasteiger partial charge on any atom is 0.272 e. The first-order valence-electron chi connectivity index (χ1n) is 10.1. The van der Waals surface area contributed by atoms with E-state index in [1.165, 1.54) is 0 Å². The normalized spacial score (nSPS) is 15.0. The maximum atomic E-state index is 13.3. The molecule has 0 fully saturated rings. The van der Waals surface area contributed by atoms with E-state index < -0.39 is 6.04 Å². The van der Waals surface area contributed by atoms with E-state index in [4.69, 9.17) is 9.40 Å².